The quantitative estimate of drug-likeness (QED) is 0.271. The summed E-state index contributed by atoms with van der Waals surface area (Å²) in [6.07, 6.45) is 5.16. The van der Waals surface area contributed by atoms with E-state index in [1.54, 1.807) is 36.1 Å². The number of rotatable bonds is 9. The Kier molecular flexibility index (Phi) is 8.45. The third kappa shape index (κ3) is 6.52. The zero-order valence-electron chi connectivity index (χ0n) is 24.1. The van der Waals surface area contributed by atoms with Gasteiger partial charge in [-0.15, -0.1) is 6.58 Å². The Morgan fingerprint density at radius 1 is 1.21 bits per heavy atom. The van der Waals surface area contributed by atoms with Crippen molar-refractivity contribution in [3.8, 4) is 5.82 Å². The second-order valence-corrected chi connectivity index (χ2v) is 12.8. The normalized spacial score (nSPS) is 15.5. The molecule has 3 aromatic heterocycles. The molecular weight excluding hydrogens is 574 g/mol. The van der Waals surface area contributed by atoms with Crippen molar-refractivity contribution in [1.82, 2.24) is 29.2 Å². The zero-order chi connectivity index (χ0) is 30.7. The van der Waals surface area contributed by atoms with Crippen LogP contribution < -0.4 is 15.8 Å². The molecule has 1 amide bonds. The molecule has 15 heteroatoms. The van der Waals surface area contributed by atoms with E-state index in [-0.39, 0.29) is 29.9 Å². The Morgan fingerprint density at radius 3 is 2.65 bits per heavy atom. The second-order valence-electron chi connectivity index (χ2n) is 10.2. The molecule has 1 fully saturated rings. The Labute approximate surface area is 248 Å². The Morgan fingerprint density at radius 2 is 1.98 bits per heavy atom. The van der Waals surface area contributed by atoms with Crippen LogP contribution in [0.4, 0.5) is 27.9 Å². The van der Waals surface area contributed by atoms with Crippen molar-refractivity contribution in [2.45, 2.75) is 12.6 Å². The molecule has 0 saturated carbocycles. The standard InChI is InChI=1S/C28H33N9O5S/c1-5-13-36-26(38)22-16-29-27(32-25(22)37(36)24-8-6-7-23(31-24)33-43(3,4)41)30-19-9-11-20(12-10-19)34-14-15-35(28(39)40)21(17-34)18-42-2/h5-12,16,21H,1,13-15,17-18H2,2-4H3,(H,39,40)(H,29,30,32)/t21-/m0/s1. The van der Waals surface area contributed by atoms with Crippen LogP contribution in [0.3, 0.4) is 0 Å². The van der Waals surface area contributed by atoms with E-state index in [1.807, 2.05) is 24.3 Å². The molecule has 226 valence electrons. The fourth-order valence-electron chi connectivity index (χ4n) is 4.98. The fourth-order valence-corrected chi connectivity index (χ4v) is 5.53. The maximum absolute atomic E-state index is 13.3. The van der Waals surface area contributed by atoms with Crippen LogP contribution in [0.5, 0.6) is 0 Å². The average molecular weight is 608 g/mol. The molecule has 1 aliphatic heterocycles. The molecule has 0 bridgehead atoms. The SMILES string of the molecule is C=CCn1c(=O)c2cnc(Nc3ccc(N4CCN(C(=O)O)[C@H](COC)C4)cc3)nc2n1-c1cccc(N=S(C)(C)=O)n1. The molecule has 0 spiro atoms. The summed E-state index contributed by atoms with van der Waals surface area (Å²) in [5.41, 5.74) is 1.70. The van der Waals surface area contributed by atoms with Gasteiger partial charge in [0.05, 0.1) is 19.2 Å². The van der Waals surface area contributed by atoms with Crippen molar-refractivity contribution in [2.75, 3.05) is 56.1 Å². The highest BCUT2D eigenvalue weighted by atomic mass is 32.2. The lowest BCUT2D eigenvalue weighted by Crippen LogP contribution is -2.56. The van der Waals surface area contributed by atoms with Gasteiger partial charge in [0.1, 0.15) is 5.39 Å². The van der Waals surface area contributed by atoms with Gasteiger partial charge in [-0.05, 0) is 36.4 Å². The lowest BCUT2D eigenvalue weighted by Gasteiger charge is -2.40. The first kappa shape index (κ1) is 29.7. The zero-order valence-corrected chi connectivity index (χ0v) is 24.9. The number of ether oxygens (including phenoxy) is 1. The fraction of sp³-hybridized carbons (Fsp3) is 0.321. The van der Waals surface area contributed by atoms with Gasteiger partial charge in [0, 0.05) is 66.6 Å². The molecule has 1 aliphatic rings. The highest BCUT2D eigenvalue weighted by Crippen LogP contribution is 2.24. The Balaban J connectivity index is 1.44. The van der Waals surface area contributed by atoms with E-state index in [0.717, 1.165) is 11.4 Å². The molecular formula is C28H33N9O5S. The summed E-state index contributed by atoms with van der Waals surface area (Å²) >= 11 is 0. The number of hydrogen-bond donors (Lipinski definition) is 2. The smallest absolute Gasteiger partial charge is 0.407 e. The number of nitrogens with zero attached hydrogens (tertiary/aromatic N) is 8. The van der Waals surface area contributed by atoms with Crippen LogP contribution >= 0.6 is 0 Å². The van der Waals surface area contributed by atoms with E-state index in [0.29, 0.717) is 43.1 Å². The van der Waals surface area contributed by atoms with Crippen molar-refractivity contribution in [1.29, 1.82) is 0 Å². The van der Waals surface area contributed by atoms with E-state index < -0.39 is 15.8 Å². The number of benzene rings is 1. The molecule has 2 N–H and O–H groups in total. The molecule has 0 aliphatic carbocycles. The number of carboxylic acid groups (broad SMARTS) is 1. The molecule has 0 radical (unpaired) electrons. The van der Waals surface area contributed by atoms with Gasteiger partial charge < -0.3 is 20.1 Å². The monoisotopic (exact) mass is 607 g/mol. The number of nitrogens with one attached hydrogen (secondary N) is 1. The van der Waals surface area contributed by atoms with Crippen LogP contribution in [0.2, 0.25) is 0 Å². The number of pyridine rings is 1. The minimum Gasteiger partial charge on any atom is -0.465 e. The lowest BCUT2D eigenvalue weighted by atomic mass is 10.1. The van der Waals surface area contributed by atoms with Gasteiger partial charge in [0.2, 0.25) is 5.95 Å². The van der Waals surface area contributed by atoms with Gasteiger partial charge in [0.25, 0.3) is 5.56 Å². The summed E-state index contributed by atoms with van der Waals surface area (Å²) in [6.45, 7) is 5.75. The molecule has 1 aromatic carbocycles. The van der Waals surface area contributed by atoms with Crippen LogP contribution in [0.25, 0.3) is 16.9 Å². The molecule has 4 heterocycles. The highest BCUT2D eigenvalue weighted by Gasteiger charge is 2.30. The number of allylic oxidation sites excluding steroid dienone is 1. The number of aromatic nitrogens is 5. The summed E-state index contributed by atoms with van der Waals surface area (Å²) in [5.74, 6) is 0.922. The summed E-state index contributed by atoms with van der Waals surface area (Å²) < 4.78 is 24.7. The number of carbonyl (C=O) groups is 1. The number of fused-ring (bicyclic) bond motifs is 1. The van der Waals surface area contributed by atoms with Gasteiger partial charge in [-0.1, -0.05) is 12.1 Å². The number of amides is 1. The van der Waals surface area contributed by atoms with E-state index in [1.165, 1.54) is 28.3 Å². The van der Waals surface area contributed by atoms with Crippen molar-refractivity contribution in [3.63, 3.8) is 0 Å². The van der Waals surface area contributed by atoms with Gasteiger partial charge in [-0.3, -0.25) is 9.69 Å². The average Bonchev–Trinajstić information content (AvgIpc) is 3.23. The summed E-state index contributed by atoms with van der Waals surface area (Å²) in [7, 11) is -0.886. The molecule has 0 unspecified atom stereocenters. The maximum Gasteiger partial charge on any atom is 0.407 e. The third-order valence-corrected chi connectivity index (χ3v) is 7.43. The largest absolute Gasteiger partial charge is 0.465 e. The lowest BCUT2D eigenvalue weighted by molar-refractivity contribution is 0.0737. The first-order chi connectivity index (χ1) is 20.6. The summed E-state index contributed by atoms with van der Waals surface area (Å²) in [4.78, 5) is 41.9. The van der Waals surface area contributed by atoms with Gasteiger partial charge in [-0.2, -0.15) is 9.35 Å². The minimum atomic E-state index is -2.45. The van der Waals surface area contributed by atoms with Crippen LogP contribution in [-0.2, 0) is 21.0 Å². The molecule has 4 aromatic rings. The maximum atomic E-state index is 13.3. The van der Waals surface area contributed by atoms with Crippen molar-refractivity contribution < 1.29 is 18.8 Å². The van der Waals surface area contributed by atoms with Gasteiger partial charge in [-0.25, -0.2) is 28.3 Å². The number of piperazine rings is 1. The number of methoxy groups -OCH3 is 1. The van der Waals surface area contributed by atoms with Crippen LogP contribution in [0, 0.1) is 0 Å². The third-order valence-electron chi connectivity index (χ3n) is 6.80. The first-order valence-electron chi connectivity index (χ1n) is 13.4. The van der Waals surface area contributed by atoms with E-state index in [9.17, 15) is 18.9 Å². The highest BCUT2D eigenvalue weighted by molar-refractivity contribution is 7.92. The van der Waals surface area contributed by atoms with Crippen LogP contribution in [-0.4, -0.2) is 96.5 Å². The summed E-state index contributed by atoms with van der Waals surface area (Å²) in [5, 5.41) is 13.0. The van der Waals surface area contributed by atoms with Crippen molar-refractivity contribution in [2.24, 2.45) is 4.36 Å². The van der Waals surface area contributed by atoms with Gasteiger partial charge in [0.15, 0.2) is 17.3 Å². The number of hydrogen-bond acceptors (Lipinski definition) is 10. The van der Waals surface area contributed by atoms with E-state index in [2.05, 4.69) is 36.1 Å². The second kappa shape index (κ2) is 12.2. The van der Waals surface area contributed by atoms with Crippen LogP contribution in [0.1, 0.15) is 0 Å². The molecule has 1 saturated heterocycles. The predicted octanol–water partition coefficient (Wildman–Crippen LogP) is 3.08. The van der Waals surface area contributed by atoms with E-state index >= 15 is 0 Å². The Hall–Kier alpha value is -4.76. The molecule has 1 atom stereocenters. The summed E-state index contributed by atoms with van der Waals surface area (Å²) in [6, 6.07) is 12.5. The number of anilines is 3. The van der Waals surface area contributed by atoms with E-state index in [4.69, 9.17) is 4.74 Å². The first-order valence-corrected chi connectivity index (χ1v) is 15.8. The minimum absolute atomic E-state index is 0.201. The van der Waals surface area contributed by atoms with Crippen molar-refractivity contribution >= 4 is 50.0 Å². The van der Waals surface area contributed by atoms with Crippen molar-refractivity contribution in [3.05, 3.63) is 71.7 Å². The van der Waals surface area contributed by atoms with Gasteiger partial charge >= 0.3 is 6.09 Å². The topological polar surface area (TPSA) is 160 Å². The molecule has 5 rings (SSSR count). The molecule has 14 nitrogen and oxygen atoms in total. The van der Waals surface area contributed by atoms with Crippen LogP contribution in [0.15, 0.2) is 70.5 Å². The Bertz CT molecular complexity index is 1840. The predicted molar refractivity (Wildman–Crippen MR) is 166 cm³/mol. The molecule has 43 heavy (non-hydrogen) atoms.